The summed E-state index contributed by atoms with van der Waals surface area (Å²) in [5.41, 5.74) is 11.6. The van der Waals surface area contributed by atoms with E-state index in [9.17, 15) is 0 Å². The van der Waals surface area contributed by atoms with Gasteiger partial charge in [0.15, 0.2) is 0 Å². The van der Waals surface area contributed by atoms with Gasteiger partial charge in [-0.15, -0.1) is 0 Å². The molecule has 34 nitrogen and oxygen atoms in total. The smallest absolute Gasteiger partial charge is 0.225 e. The van der Waals surface area contributed by atoms with Crippen molar-refractivity contribution in [3.63, 3.8) is 0 Å². The van der Waals surface area contributed by atoms with Crippen molar-refractivity contribution < 1.29 is 0 Å². The standard InChI is InChI=1S/2C13H20N4.C13H20N2.3C12H18N4.C12H20N4.2C11H18N4/c2*1-11-8-14-13(15-9-11)17-7-6-16-5-3-2-4-12(16)10-17;1-11-4-6-12(7-5-11)15-9-8-14-13(2,3)10-15;1-10-8-13-12(14-9-10)16-6-4-15(5-7-16)11-2-3-11;1-10-7-14-12(8-13-10)16-6-5-15-4-2-3-11(15)9-16;1-10-7-13-12(14-8-10)16-6-5-15-4-2-3-11(15)9-16;1-9-5-13-12(14-6-9)16-7-10(2)15(4)11(3)8-16;1-8-4-13-11(5-12-8)15-6-9(2)14-10(3)7-15;1-9-6-12-11(13-7-9)15-5-4-14(3)10(2)8-15/h2*8-9,12H,2-7,10H2,1H3;4-7,14H,8-10H2,1-3H3;8-9,11H,2-7H2,1H3;2*7-8,11H,2-6,9H2,1H3;5-6,10-11H,7-8H2,1-4H3;4-5,9-10,14H,6-7H2,1-3H3;6-7,10H,4-5,8H2,1-3H3/t;;;;;;10-,11+;9-,10+;. The zero-order valence-electron chi connectivity index (χ0n) is 89.8. The Labute approximate surface area is 855 Å². The summed E-state index contributed by atoms with van der Waals surface area (Å²) in [4.78, 5) is 109. The molecule has 14 aliphatic rings. The summed E-state index contributed by atoms with van der Waals surface area (Å²) in [6, 6.07) is 15.3. The van der Waals surface area contributed by atoms with Gasteiger partial charge in [0, 0.05) is 316 Å². The molecule has 1 aliphatic carbocycles. The molecule has 13 saturated heterocycles. The maximum atomic E-state index is 4.46. The minimum Gasteiger partial charge on any atom is -0.368 e. The van der Waals surface area contributed by atoms with Gasteiger partial charge in [-0.2, -0.15) is 0 Å². The number of hydrogen-bond acceptors (Lipinski definition) is 34. The Bertz CT molecular complexity index is 4980. The predicted molar refractivity (Wildman–Crippen MR) is 580 cm³/mol. The van der Waals surface area contributed by atoms with E-state index in [2.05, 4.69) is 263 Å². The summed E-state index contributed by atoms with van der Waals surface area (Å²) < 4.78 is 0. The molecule has 21 heterocycles. The number of likely N-dealkylation sites (N-methyl/N-ethyl adjacent to an activating group) is 2. The molecule has 776 valence electrons. The van der Waals surface area contributed by atoms with Crippen LogP contribution in [0.5, 0.6) is 0 Å². The molecule has 34 heteroatoms. The fraction of sp³-hybridized carbons (Fsp3) is 0.651. The van der Waals surface area contributed by atoms with Crippen LogP contribution in [-0.2, 0) is 0 Å². The second-order valence-corrected chi connectivity index (χ2v) is 43.5. The van der Waals surface area contributed by atoms with Gasteiger partial charge in [0.1, 0.15) is 11.6 Å². The second kappa shape index (κ2) is 52.2. The van der Waals surface area contributed by atoms with E-state index >= 15 is 0 Å². The van der Waals surface area contributed by atoms with Crippen LogP contribution in [0.2, 0.25) is 0 Å². The molecular weight excluding hydrogens is 1790 g/mol. The molecule has 143 heavy (non-hydrogen) atoms. The Kier molecular flexibility index (Phi) is 39.0. The first-order valence-electron chi connectivity index (χ1n) is 53.8. The van der Waals surface area contributed by atoms with Crippen molar-refractivity contribution in [1.82, 2.24) is 125 Å². The van der Waals surface area contributed by atoms with E-state index in [0.717, 1.165) is 253 Å². The summed E-state index contributed by atoms with van der Waals surface area (Å²) >= 11 is 0. The van der Waals surface area contributed by atoms with Gasteiger partial charge in [0.05, 0.1) is 36.2 Å². The Hall–Kier alpha value is -10.3. The first-order valence-corrected chi connectivity index (χ1v) is 53.8. The molecule has 0 radical (unpaired) electrons. The lowest BCUT2D eigenvalue weighted by Crippen LogP contribution is -2.57. The van der Waals surface area contributed by atoms with Crippen LogP contribution < -0.4 is 54.7 Å². The SMILES string of the molecule is Cc1ccc(N2CCNC(C)(C)C2)cc1.Cc1cnc(N2CCN(C)C(C)C2)nc1.Cc1cnc(N2CCN(C3CC3)CC2)nc1.Cc1cnc(N2CCN3CCCC3C2)cn1.Cc1cnc(N2CCN3CCCC3C2)nc1.Cc1cnc(N2CCN3CCCCC3C2)nc1.Cc1cnc(N2CCN3CCCCC3C2)nc1.Cc1cnc(N2C[C@@H](C)N(C)[C@@H](C)C2)nc1.Cc1cnc(N2C[C@@H](C)N[C@@H](C)C2)cn1. The maximum absolute atomic E-state index is 4.46. The lowest BCUT2D eigenvalue weighted by Gasteiger charge is -2.44. The monoisotopic (exact) mass is 1960 g/mol. The van der Waals surface area contributed by atoms with Crippen LogP contribution in [0, 0.1) is 62.3 Å². The maximum Gasteiger partial charge on any atom is 0.225 e. The third-order valence-corrected chi connectivity index (χ3v) is 30.6. The van der Waals surface area contributed by atoms with Crippen LogP contribution in [0.1, 0.15) is 176 Å². The molecule has 9 atom stereocenters. The number of nitrogens with one attached hydrogen (secondary N) is 2. The Balaban J connectivity index is 0.000000121. The fourth-order valence-electron chi connectivity index (χ4n) is 21.6. The number of piperidine rings is 2. The van der Waals surface area contributed by atoms with E-state index in [-0.39, 0.29) is 5.54 Å². The van der Waals surface area contributed by atoms with Crippen LogP contribution in [0.3, 0.4) is 0 Å². The van der Waals surface area contributed by atoms with Crippen molar-refractivity contribution in [2.45, 2.75) is 254 Å². The molecule has 1 aromatic carbocycles. The summed E-state index contributed by atoms with van der Waals surface area (Å²) in [5.74, 6) is 7.34. The van der Waals surface area contributed by atoms with E-state index in [0.29, 0.717) is 30.2 Å². The highest BCUT2D eigenvalue weighted by atomic mass is 15.4. The van der Waals surface area contributed by atoms with Crippen LogP contribution in [0.4, 0.5) is 53.0 Å². The summed E-state index contributed by atoms with van der Waals surface area (Å²) in [6.07, 6.45) is 46.6. The predicted octanol–water partition coefficient (Wildman–Crippen LogP) is 11.5. The molecule has 0 spiro atoms. The Morgan fingerprint density at radius 1 is 0.259 bits per heavy atom. The van der Waals surface area contributed by atoms with Crippen molar-refractivity contribution in [3.05, 3.63) is 174 Å². The highest BCUT2D eigenvalue weighted by molar-refractivity contribution is 5.49. The number of piperazine rings is 9. The molecular formula is C109H170N34. The van der Waals surface area contributed by atoms with Crippen molar-refractivity contribution >= 4 is 53.0 Å². The van der Waals surface area contributed by atoms with Crippen molar-refractivity contribution in [2.24, 2.45) is 0 Å². The number of hydrogen-bond donors (Lipinski definition) is 2. The van der Waals surface area contributed by atoms with Gasteiger partial charge in [0.2, 0.25) is 35.7 Å². The second-order valence-electron chi connectivity index (χ2n) is 43.5. The van der Waals surface area contributed by atoms with E-state index in [1.165, 1.54) is 154 Å². The quantitative estimate of drug-likeness (QED) is 0.129. The van der Waals surface area contributed by atoms with Crippen LogP contribution in [0.15, 0.2) is 123 Å². The van der Waals surface area contributed by atoms with Gasteiger partial charge in [0.25, 0.3) is 0 Å². The van der Waals surface area contributed by atoms with Crippen molar-refractivity contribution in [1.29, 1.82) is 0 Å². The molecule has 14 fully saturated rings. The number of aryl methyl sites for hydroxylation is 9. The third kappa shape index (κ3) is 31.9. The summed E-state index contributed by atoms with van der Waals surface area (Å²) in [7, 11) is 4.35. The van der Waals surface area contributed by atoms with Crippen LogP contribution in [-0.4, -0.2) is 390 Å². The first kappa shape index (κ1) is 107. The molecule has 5 unspecified atom stereocenters. The Morgan fingerprint density at radius 2 is 0.580 bits per heavy atom. The Morgan fingerprint density at radius 3 is 0.951 bits per heavy atom. The number of anilines is 9. The number of fused-ring (bicyclic) bond motifs is 4. The lowest BCUT2D eigenvalue weighted by atomic mass is 10.00. The number of rotatable bonds is 10. The average molecular weight is 1960 g/mol. The molecule has 2 N–H and O–H groups in total. The summed E-state index contributed by atoms with van der Waals surface area (Å²) in [6.45, 7) is 67.2. The van der Waals surface area contributed by atoms with Crippen LogP contribution in [0.25, 0.3) is 0 Å². The van der Waals surface area contributed by atoms with Gasteiger partial charge in [-0.3, -0.25) is 39.4 Å². The highest BCUT2D eigenvalue weighted by Crippen LogP contribution is 2.32. The molecule has 13 aliphatic heterocycles. The van der Waals surface area contributed by atoms with Gasteiger partial charge < -0.3 is 59.6 Å². The number of benzene rings is 1. The van der Waals surface area contributed by atoms with Crippen molar-refractivity contribution in [3.8, 4) is 0 Å². The van der Waals surface area contributed by atoms with Gasteiger partial charge in [-0.25, -0.2) is 69.8 Å². The van der Waals surface area contributed by atoms with E-state index < -0.39 is 0 Å². The average Bonchev–Trinajstić information content (AvgIpc) is 1.57. The highest BCUT2D eigenvalue weighted by Gasteiger charge is 2.38. The lowest BCUT2D eigenvalue weighted by molar-refractivity contribution is 0.133. The molecule has 9 aromatic rings. The summed E-state index contributed by atoms with van der Waals surface area (Å²) in [5, 5.41) is 7.03. The van der Waals surface area contributed by atoms with Gasteiger partial charge in [-0.05, 0) is 261 Å². The zero-order chi connectivity index (χ0) is 100. The minimum atomic E-state index is 0.225. The molecule has 0 amide bonds. The minimum absolute atomic E-state index is 0.225. The number of aromatic nitrogens is 16. The van der Waals surface area contributed by atoms with Crippen molar-refractivity contribution in [2.75, 3.05) is 255 Å². The largest absolute Gasteiger partial charge is 0.368 e. The number of nitrogens with zero attached hydrogens (tertiary/aromatic N) is 32. The van der Waals surface area contributed by atoms with Crippen LogP contribution >= 0.6 is 0 Å². The van der Waals surface area contributed by atoms with E-state index in [1.54, 1.807) is 0 Å². The van der Waals surface area contributed by atoms with Gasteiger partial charge >= 0.3 is 0 Å². The van der Waals surface area contributed by atoms with E-state index in [1.807, 2.05) is 155 Å². The molecule has 0 bridgehead atoms. The van der Waals surface area contributed by atoms with Gasteiger partial charge in [-0.1, -0.05) is 30.5 Å². The normalized spacial score (nSPS) is 24.8. The molecule has 23 rings (SSSR count). The zero-order valence-corrected chi connectivity index (χ0v) is 89.8. The molecule has 1 saturated carbocycles. The molecule has 8 aromatic heterocycles. The topological polar surface area (TPSA) is 282 Å². The third-order valence-electron chi connectivity index (χ3n) is 30.6. The van der Waals surface area contributed by atoms with E-state index in [4.69, 9.17) is 0 Å². The first-order chi connectivity index (χ1) is 69.1. The fourth-order valence-corrected chi connectivity index (χ4v) is 21.6.